The quantitative estimate of drug-likeness (QED) is 0.532. The number of halogens is 3. The number of rotatable bonds is 4. The molecule has 1 aromatic carbocycles. The Morgan fingerprint density at radius 2 is 1.92 bits per heavy atom. The number of benzene rings is 1. The lowest BCUT2D eigenvalue weighted by atomic mass is 9.95. The molecule has 6 nitrogen and oxygen atoms in total. The first-order valence-electron chi connectivity index (χ1n) is 7.74. The first kappa shape index (κ1) is 18.2. The van der Waals surface area contributed by atoms with Crippen molar-refractivity contribution in [2.24, 2.45) is 0 Å². The zero-order valence-corrected chi connectivity index (χ0v) is 14.0. The van der Waals surface area contributed by atoms with Crippen molar-refractivity contribution in [1.29, 1.82) is 0 Å². The Morgan fingerprint density at radius 3 is 2.58 bits per heavy atom. The predicted molar refractivity (Wildman–Crippen MR) is 89.2 cm³/mol. The second-order valence-electron chi connectivity index (χ2n) is 6.41. The van der Waals surface area contributed by atoms with Crippen LogP contribution in [0.15, 0.2) is 36.5 Å². The lowest BCUT2D eigenvalue weighted by Crippen LogP contribution is -2.21. The van der Waals surface area contributed by atoms with Gasteiger partial charge in [-0.15, -0.1) is 0 Å². The van der Waals surface area contributed by atoms with Crippen molar-refractivity contribution in [1.82, 2.24) is 15.2 Å². The summed E-state index contributed by atoms with van der Waals surface area (Å²) >= 11 is 0. The van der Waals surface area contributed by atoms with E-state index in [1.165, 1.54) is 12.1 Å². The summed E-state index contributed by atoms with van der Waals surface area (Å²) < 4.78 is 38.4. The fraction of sp³-hybridized carbons (Fsp3) is 0.294. The summed E-state index contributed by atoms with van der Waals surface area (Å²) in [6, 6.07) is 6.59. The molecule has 3 aromatic rings. The molecule has 0 radical (unpaired) electrons. The van der Waals surface area contributed by atoms with Crippen molar-refractivity contribution in [2.75, 3.05) is 5.32 Å². The molecule has 0 spiro atoms. The first-order chi connectivity index (χ1) is 12.1. The van der Waals surface area contributed by atoms with Crippen molar-refractivity contribution in [3.63, 3.8) is 0 Å². The molecule has 1 unspecified atom stereocenters. The Balaban J connectivity index is 1.98. The number of aromatic nitrogens is 3. The van der Waals surface area contributed by atoms with Crippen molar-refractivity contribution in [2.45, 2.75) is 31.9 Å². The third-order valence-electron chi connectivity index (χ3n) is 3.87. The van der Waals surface area contributed by atoms with Gasteiger partial charge in [0.1, 0.15) is 5.69 Å². The normalized spacial score (nSPS) is 13.8. The van der Waals surface area contributed by atoms with Gasteiger partial charge >= 0.3 is 6.18 Å². The van der Waals surface area contributed by atoms with Crippen LogP contribution in [0.4, 0.5) is 18.9 Å². The summed E-state index contributed by atoms with van der Waals surface area (Å²) in [4.78, 5) is 3.47. The highest BCUT2D eigenvalue weighted by Gasteiger charge is 2.33. The number of aromatic amines is 1. The summed E-state index contributed by atoms with van der Waals surface area (Å²) in [5.74, 6) is 0. The zero-order valence-electron chi connectivity index (χ0n) is 14.0. The molecule has 0 bridgehead atoms. The molecule has 138 valence electrons. The molecule has 2 aromatic heterocycles. The maximum Gasteiger partial charge on any atom is 0.433 e. The maximum absolute atomic E-state index is 12.8. The van der Waals surface area contributed by atoms with Gasteiger partial charge in [-0.3, -0.25) is 5.10 Å². The van der Waals surface area contributed by atoms with Gasteiger partial charge in [0.2, 0.25) is 0 Å². The summed E-state index contributed by atoms with van der Waals surface area (Å²) in [7, 11) is 0. The lowest BCUT2D eigenvalue weighted by molar-refractivity contribution is -0.141. The molecule has 0 aliphatic carbocycles. The SMILES string of the molecule is CC(C)(O)c1cc2[nH]ncc2cc1NC(O)c1cccc(C(F)(F)F)n1. The van der Waals surface area contributed by atoms with Gasteiger partial charge in [-0.1, -0.05) is 6.07 Å². The minimum absolute atomic E-state index is 0.186. The number of aliphatic hydroxyl groups is 2. The highest BCUT2D eigenvalue weighted by Crippen LogP contribution is 2.33. The number of hydrogen-bond acceptors (Lipinski definition) is 5. The van der Waals surface area contributed by atoms with Crippen LogP contribution in [0.1, 0.15) is 37.0 Å². The second kappa shape index (κ2) is 6.26. The van der Waals surface area contributed by atoms with Crippen molar-refractivity contribution in [3.8, 4) is 0 Å². The van der Waals surface area contributed by atoms with Crippen molar-refractivity contribution in [3.05, 3.63) is 53.5 Å². The fourth-order valence-electron chi connectivity index (χ4n) is 2.60. The summed E-state index contributed by atoms with van der Waals surface area (Å²) in [6.45, 7) is 3.12. The summed E-state index contributed by atoms with van der Waals surface area (Å²) in [5, 5.41) is 30.8. The second-order valence-corrected chi connectivity index (χ2v) is 6.41. The van der Waals surface area contributed by atoms with Crippen LogP contribution in [0.25, 0.3) is 10.9 Å². The number of nitrogens with one attached hydrogen (secondary N) is 2. The Bertz CT molecular complexity index is 932. The molecule has 0 aliphatic rings. The van der Waals surface area contributed by atoms with E-state index >= 15 is 0 Å². The monoisotopic (exact) mass is 366 g/mol. The van der Waals surface area contributed by atoms with Gasteiger partial charge in [-0.2, -0.15) is 18.3 Å². The van der Waals surface area contributed by atoms with Crippen LogP contribution >= 0.6 is 0 Å². The van der Waals surface area contributed by atoms with Crippen LogP contribution < -0.4 is 5.32 Å². The molecule has 3 rings (SSSR count). The van der Waals surface area contributed by atoms with E-state index in [2.05, 4.69) is 20.5 Å². The number of pyridine rings is 1. The minimum atomic E-state index is -4.61. The standard InChI is InChI=1S/C17H17F3N4O2/c1-16(2,26)10-7-12-9(8-21-24-12)6-13(10)23-15(25)11-4-3-5-14(22-11)17(18,19)20/h3-8,15,23,25-26H,1-2H3,(H,21,24). The molecule has 4 N–H and O–H groups in total. The third kappa shape index (κ3) is 3.63. The largest absolute Gasteiger partial charge is 0.433 e. The number of fused-ring (bicyclic) bond motifs is 1. The van der Waals surface area contributed by atoms with E-state index in [1.54, 1.807) is 32.2 Å². The Kier molecular flexibility index (Phi) is 4.37. The van der Waals surface area contributed by atoms with E-state index < -0.39 is 23.7 Å². The molecule has 1 atom stereocenters. The van der Waals surface area contributed by atoms with E-state index in [4.69, 9.17) is 0 Å². The molecule has 0 saturated heterocycles. The van der Waals surface area contributed by atoms with Gasteiger partial charge in [0.25, 0.3) is 0 Å². The Hall–Kier alpha value is -2.65. The molecule has 9 heteroatoms. The number of H-pyrrole nitrogens is 1. The zero-order chi connectivity index (χ0) is 19.1. The van der Waals surface area contributed by atoms with E-state index in [1.807, 2.05) is 0 Å². The van der Waals surface area contributed by atoms with Crippen molar-refractivity contribution < 1.29 is 23.4 Å². The average molecular weight is 366 g/mol. The van der Waals surface area contributed by atoms with E-state index in [9.17, 15) is 23.4 Å². The van der Waals surface area contributed by atoms with E-state index in [-0.39, 0.29) is 5.69 Å². The van der Waals surface area contributed by atoms with Crippen molar-refractivity contribution >= 4 is 16.6 Å². The maximum atomic E-state index is 12.8. The number of hydrogen-bond donors (Lipinski definition) is 4. The summed E-state index contributed by atoms with van der Waals surface area (Å²) in [6.07, 6.45) is -4.55. The fourth-order valence-corrected chi connectivity index (χ4v) is 2.60. The molecule has 0 fully saturated rings. The van der Waals surface area contributed by atoms with Crippen LogP contribution in [0.5, 0.6) is 0 Å². The topological polar surface area (TPSA) is 94.1 Å². The molecular formula is C17H17F3N4O2. The summed E-state index contributed by atoms with van der Waals surface area (Å²) in [5.41, 5.74) is -1.06. The molecule has 2 heterocycles. The average Bonchev–Trinajstić information content (AvgIpc) is 3.00. The number of alkyl halides is 3. The lowest BCUT2D eigenvalue weighted by Gasteiger charge is -2.24. The van der Waals surface area contributed by atoms with Gasteiger partial charge in [0, 0.05) is 16.6 Å². The predicted octanol–water partition coefficient (Wildman–Crippen LogP) is 3.31. The van der Waals surface area contributed by atoms with Gasteiger partial charge in [0.15, 0.2) is 6.23 Å². The van der Waals surface area contributed by atoms with Crippen LogP contribution in [-0.2, 0) is 11.8 Å². The van der Waals surface area contributed by atoms with E-state index in [0.29, 0.717) is 22.2 Å². The molecule has 0 amide bonds. The van der Waals surface area contributed by atoms with Gasteiger partial charge in [0.05, 0.1) is 23.0 Å². The molecular weight excluding hydrogens is 349 g/mol. The van der Waals surface area contributed by atoms with Gasteiger partial charge in [-0.05, 0) is 38.1 Å². The van der Waals surface area contributed by atoms with E-state index in [0.717, 1.165) is 6.07 Å². The first-order valence-corrected chi connectivity index (χ1v) is 7.74. The molecule has 26 heavy (non-hydrogen) atoms. The van der Waals surface area contributed by atoms with Crippen LogP contribution in [0.2, 0.25) is 0 Å². The Labute approximate surface area is 146 Å². The Morgan fingerprint density at radius 1 is 1.19 bits per heavy atom. The van der Waals surface area contributed by atoms with Crippen LogP contribution in [-0.4, -0.2) is 25.4 Å². The number of anilines is 1. The third-order valence-corrected chi connectivity index (χ3v) is 3.87. The highest BCUT2D eigenvalue weighted by atomic mass is 19.4. The highest BCUT2D eigenvalue weighted by molar-refractivity contribution is 5.84. The smallest absolute Gasteiger partial charge is 0.386 e. The number of aliphatic hydroxyl groups excluding tert-OH is 1. The molecule has 0 aliphatic heterocycles. The number of nitrogens with zero attached hydrogens (tertiary/aromatic N) is 2. The molecule has 0 saturated carbocycles. The van der Waals surface area contributed by atoms with Gasteiger partial charge < -0.3 is 15.5 Å². The minimum Gasteiger partial charge on any atom is -0.386 e. The van der Waals surface area contributed by atoms with Crippen LogP contribution in [0.3, 0.4) is 0 Å². The van der Waals surface area contributed by atoms with Crippen LogP contribution in [0, 0.1) is 0 Å². The van der Waals surface area contributed by atoms with Gasteiger partial charge in [-0.25, -0.2) is 4.98 Å².